The lowest BCUT2D eigenvalue weighted by atomic mass is 9.83. The fraction of sp³-hybridized carbons (Fsp3) is 0.267. The highest BCUT2D eigenvalue weighted by atomic mass is 32.2. The van der Waals surface area contributed by atoms with Crippen molar-refractivity contribution in [1.82, 2.24) is 5.32 Å². The summed E-state index contributed by atoms with van der Waals surface area (Å²) in [5.41, 5.74) is -0.754. The Hall–Kier alpha value is -4.78. The number of carboxylic acid groups (broad SMARTS) is 1. The molecule has 1 aliphatic carbocycles. The second kappa shape index (κ2) is 10.5. The summed E-state index contributed by atoms with van der Waals surface area (Å²) < 4.78 is 47.6. The van der Waals surface area contributed by atoms with Crippen LogP contribution in [-0.2, 0) is 20.2 Å². The fourth-order valence-corrected chi connectivity index (χ4v) is 6.15. The van der Waals surface area contributed by atoms with Gasteiger partial charge in [0.25, 0.3) is 11.6 Å². The smallest absolute Gasteiger partial charge is 0.313 e. The molecule has 1 aliphatic rings. The Morgan fingerprint density at radius 3 is 2.30 bits per heavy atom. The molecule has 11 nitrogen and oxygen atoms in total. The first kappa shape index (κ1) is 29.7. The summed E-state index contributed by atoms with van der Waals surface area (Å²) in [7, 11) is -2.65. The van der Waals surface area contributed by atoms with Crippen molar-refractivity contribution in [2.45, 2.75) is 38.0 Å². The van der Waals surface area contributed by atoms with E-state index in [1.54, 1.807) is 6.07 Å². The van der Waals surface area contributed by atoms with Gasteiger partial charge in [0.15, 0.2) is 0 Å². The highest BCUT2D eigenvalue weighted by Gasteiger charge is 2.38. The van der Waals surface area contributed by atoms with Gasteiger partial charge in [0.2, 0.25) is 10.0 Å². The van der Waals surface area contributed by atoms with Crippen LogP contribution in [0.5, 0.6) is 0 Å². The first-order valence-electron chi connectivity index (χ1n) is 13.3. The summed E-state index contributed by atoms with van der Waals surface area (Å²) in [5.74, 6) is -2.14. The number of benzene rings is 3. The predicted molar refractivity (Wildman–Crippen MR) is 158 cm³/mol. The number of fused-ring (bicyclic) bond motifs is 1. The molecule has 3 aromatic carbocycles. The van der Waals surface area contributed by atoms with Crippen LogP contribution in [0.2, 0.25) is 0 Å². The summed E-state index contributed by atoms with van der Waals surface area (Å²) in [5, 5.41) is 24.7. The highest BCUT2D eigenvalue weighted by molar-refractivity contribution is 7.92. The van der Waals surface area contributed by atoms with E-state index in [0.717, 1.165) is 29.5 Å². The van der Waals surface area contributed by atoms with Crippen molar-refractivity contribution in [1.29, 1.82) is 0 Å². The number of rotatable bonds is 9. The normalized spacial score (nSPS) is 13.6. The standard InChI is InChI=1S/C30H28FN3O8S/c1-30(2,29(36)37)22-13-19(11-12-23(22)34(38)39)33(43(4,40)41)24-15-25-21(14-20(24)16-5-6-16)26(28(35)32-3)27(42-25)17-7-9-18(31)10-8-17/h7-16H,5-6H2,1-4H3,(H,32,35)(H,36,37). The zero-order chi connectivity index (χ0) is 31.4. The summed E-state index contributed by atoms with van der Waals surface area (Å²) in [4.78, 5) is 36.2. The van der Waals surface area contributed by atoms with Gasteiger partial charge in [0.1, 0.15) is 17.2 Å². The number of carbonyl (C=O) groups is 2. The number of aliphatic carboxylic acids is 1. The molecule has 0 spiro atoms. The lowest BCUT2D eigenvalue weighted by molar-refractivity contribution is -0.386. The Morgan fingerprint density at radius 1 is 1.12 bits per heavy atom. The number of carbonyl (C=O) groups excluding carboxylic acids is 1. The average Bonchev–Trinajstić information content (AvgIpc) is 3.72. The maximum Gasteiger partial charge on any atom is 0.313 e. The van der Waals surface area contributed by atoms with E-state index in [1.807, 2.05) is 0 Å². The third-order valence-electron chi connectivity index (χ3n) is 7.58. The van der Waals surface area contributed by atoms with Gasteiger partial charge in [0.05, 0.1) is 33.5 Å². The second-order valence-corrected chi connectivity index (χ2v) is 12.8. The number of amides is 1. The molecule has 1 fully saturated rings. The van der Waals surface area contributed by atoms with Crippen LogP contribution in [0, 0.1) is 15.9 Å². The molecule has 13 heteroatoms. The Kier molecular flexibility index (Phi) is 7.25. The molecule has 0 unspecified atom stereocenters. The van der Waals surface area contributed by atoms with Crippen molar-refractivity contribution in [2.24, 2.45) is 0 Å². The fourth-order valence-electron chi connectivity index (χ4n) is 5.14. The van der Waals surface area contributed by atoms with E-state index < -0.39 is 43.7 Å². The topological polar surface area (TPSA) is 160 Å². The van der Waals surface area contributed by atoms with Gasteiger partial charge in [-0.05, 0) is 80.6 Å². The predicted octanol–water partition coefficient (Wildman–Crippen LogP) is 5.84. The summed E-state index contributed by atoms with van der Waals surface area (Å²) >= 11 is 0. The molecule has 0 atom stereocenters. The maximum atomic E-state index is 13.7. The summed E-state index contributed by atoms with van der Waals surface area (Å²) in [6, 6.07) is 12.1. The molecule has 2 N–H and O–H groups in total. The molecule has 1 aromatic heterocycles. The van der Waals surface area contributed by atoms with Crippen LogP contribution in [0.15, 0.2) is 59.0 Å². The first-order valence-corrected chi connectivity index (χ1v) is 15.1. The number of furan rings is 1. The van der Waals surface area contributed by atoms with E-state index in [9.17, 15) is 37.6 Å². The molecule has 5 rings (SSSR count). The van der Waals surface area contributed by atoms with Crippen molar-refractivity contribution < 1.29 is 36.8 Å². The minimum atomic E-state index is -4.11. The number of carboxylic acids is 1. The van der Waals surface area contributed by atoms with E-state index in [1.165, 1.54) is 63.4 Å². The molecule has 4 aromatic rings. The van der Waals surface area contributed by atoms with Crippen LogP contribution in [-0.4, -0.2) is 43.6 Å². The van der Waals surface area contributed by atoms with Crippen molar-refractivity contribution in [3.63, 3.8) is 0 Å². The number of anilines is 2. The van der Waals surface area contributed by atoms with Gasteiger partial charge in [-0.1, -0.05) is 0 Å². The average molecular weight is 610 g/mol. The van der Waals surface area contributed by atoms with Gasteiger partial charge in [-0.25, -0.2) is 17.1 Å². The molecule has 1 saturated carbocycles. The zero-order valence-corrected chi connectivity index (χ0v) is 24.5. The maximum absolute atomic E-state index is 13.7. The quantitative estimate of drug-likeness (QED) is 0.177. The zero-order valence-electron chi connectivity index (χ0n) is 23.7. The molecule has 0 bridgehead atoms. The minimum Gasteiger partial charge on any atom is -0.481 e. The molecular weight excluding hydrogens is 581 g/mol. The summed E-state index contributed by atoms with van der Waals surface area (Å²) in [6.45, 7) is 2.60. The molecule has 224 valence electrons. The van der Waals surface area contributed by atoms with Crippen LogP contribution in [0.1, 0.15) is 54.1 Å². The molecule has 1 amide bonds. The minimum absolute atomic E-state index is 0.00415. The van der Waals surface area contributed by atoms with Gasteiger partial charge >= 0.3 is 5.97 Å². The van der Waals surface area contributed by atoms with E-state index in [-0.39, 0.29) is 39.8 Å². The van der Waals surface area contributed by atoms with E-state index >= 15 is 0 Å². The van der Waals surface area contributed by atoms with Crippen LogP contribution < -0.4 is 9.62 Å². The van der Waals surface area contributed by atoms with E-state index in [2.05, 4.69) is 5.32 Å². The third-order valence-corrected chi connectivity index (χ3v) is 8.66. The molecule has 0 aliphatic heterocycles. The Morgan fingerprint density at radius 2 is 1.77 bits per heavy atom. The van der Waals surface area contributed by atoms with Crippen molar-refractivity contribution in [2.75, 3.05) is 17.6 Å². The van der Waals surface area contributed by atoms with E-state index in [4.69, 9.17) is 4.42 Å². The van der Waals surface area contributed by atoms with Crippen molar-refractivity contribution in [3.05, 3.63) is 87.2 Å². The number of nitro benzene ring substituents is 1. The van der Waals surface area contributed by atoms with Gasteiger partial charge in [-0.15, -0.1) is 0 Å². The number of hydrogen-bond donors (Lipinski definition) is 2. The first-order chi connectivity index (χ1) is 20.1. The molecule has 0 saturated heterocycles. The van der Waals surface area contributed by atoms with Gasteiger partial charge < -0.3 is 14.8 Å². The van der Waals surface area contributed by atoms with Crippen molar-refractivity contribution in [3.8, 4) is 11.3 Å². The summed E-state index contributed by atoms with van der Waals surface area (Å²) in [6.07, 6.45) is 2.48. The lowest BCUT2D eigenvalue weighted by Crippen LogP contribution is -2.31. The highest BCUT2D eigenvalue weighted by Crippen LogP contribution is 2.50. The number of sulfonamides is 1. The largest absolute Gasteiger partial charge is 0.481 e. The molecule has 0 radical (unpaired) electrons. The van der Waals surface area contributed by atoms with Crippen molar-refractivity contribution >= 4 is 49.9 Å². The van der Waals surface area contributed by atoms with Crippen LogP contribution in [0.25, 0.3) is 22.3 Å². The number of halogens is 1. The monoisotopic (exact) mass is 609 g/mol. The number of hydrogen-bond acceptors (Lipinski definition) is 7. The van der Waals surface area contributed by atoms with Gasteiger partial charge in [-0.2, -0.15) is 0 Å². The third kappa shape index (κ3) is 5.31. The van der Waals surface area contributed by atoms with E-state index in [0.29, 0.717) is 16.5 Å². The number of nitrogens with zero attached hydrogens (tertiary/aromatic N) is 2. The number of nitrogens with one attached hydrogen (secondary N) is 1. The second-order valence-electron chi connectivity index (χ2n) is 11.0. The SMILES string of the molecule is CNC(=O)c1c(-c2ccc(F)cc2)oc2cc(N(c3ccc([N+](=O)[O-])c(C(C)(C)C(=O)O)c3)S(C)(=O)=O)c(C3CC3)cc12. The van der Waals surface area contributed by atoms with Crippen LogP contribution in [0.4, 0.5) is 21.5 Å². The lowest BCUT2D eigenvalue weighted by Gasteiger charge is -2.27. The molecule has 43 heavy (non-hydrogen) atoms. The van der Waals surface area contributed by atoms with Crippen LogP contribution in [0.3, 0.4) is 0 Å². The molecule has 1 heterocycles. The Labute approximate surface area is 246 Å². The Bertz CT molecular complexity index is 1910. The molecular formula is C30H28FN3O8S. The van der Waals surface area contributed by atoms with Crippen LogP contribution >= 0.6 is 0 Å². The Balaban J connectivity index is 1.80. The van der Waals surface area contributed by atoms with Gasteiger partial charge in [-0.3, -0.25) is 19.7 Å². The van der Waals surface area contributed by atoms with Gasteiger partial charge in [0, 0.05) is 35.7 Å². The number of nitro groups is 1.